The molecule has 1 aliphatic heterocycles. The van der Waals surface area contributed by atoms with Crippen molar-refractivity contribution in [1.82, 2.24) is 9.21 Å². The monoisotopic (exact) mass is 538 g/mol. The van der Waals surface area contributed by atoms with Crippen molar-refractivity contribution in [2.24, 2.45) is 11.8 Å². The highest BCUT2D eigenvalue weighted by atomic mass is 32.2. The van der Waals surface area contributed by atoms with Crippen molar-refractivity contribution in [3.05, 3.63) is 59.7 Å². The van der Waals surface area contributed by atoms with Crippen molar-refractivity contribution < 1.29 is 23.1 Å². The molecule has 0 radical (unpaired) electrons. The molecule has 204 valence electrons. The molecule has 0 aromatic heterocycles. The van der Waals surface area contributed by atoms with E-state index in [9.17, 15) is 18.3 Å². The first kappa shape index (κ1) is 28.2. The number of likely N-dealkylation sites (N-methyl/N-ethyl adjacent to an activating group) is 1. The van der Waals surface area contributed by atoms with Gasteiger partial charge in [0, 0.05) is 37.0 Å². The van der Waals surface area contributed by atoms with Gasteiger partial charge in [0.15, 0.2) is 0 Å². The molecule has 4 rings (SSSR count). The Morgan fingerprint density at radius 3 is 2.58 bits per heavy atom. The van der Waals surface area contributed by atoms with Gasteiger partial charge in [-0.15, -0.1) is 0 Å². The third-order valence-electron chi connectivity index (χ3n) is 7.52. The number of benzene rings is 2. The molecular formula is C30H38N2O5S. The molecule has 8 heteroatoms. The number of rotatable bonds is 6. The Hall–Kier alpha value is -2.86. The van der Waals surface area contributed by atoms with E-state index < -0.39 is 22.2 Å². The maximum absolute atomic E-state index is 13.7. The summed E-state index contributed by atoms with van der Waals surface area (Å²) < 4.78 is 35.1. The Kier molecular flexibility index (Phi) is 9.14. The maximum Gasteiger partial charge on any atom is 0.247 e. The number of hydrogen-bond donors (Lipinski definition) is 1. The van der Waals surface area contributed by atoms with Crippen molar-refractivity contribution in [2.45, 2.75) is 63.0 Å². The van der Waals surface area contributed by atoms with Crippen LogP contribution >= 0.6 is 0 Å². The van der Waals surface area contributed by atoms with Gasteiger partial charge in [0.05, 0.1) is 19.6 Å². The largest absolute Gasteiger partial charge is 0.487 e. The molecule has 0 saturated heterocycles. The number of hydrogen-bond acceptors (Lipinski definition) is 5. The van der Waals surface area contributed by atoms with Crippen LogP contribution in [-0.4, -0.2) is 67.5 Å². The number of aliphatic hydroxyl groups excluding tert-OH is 1. The van der Waals surface area contributed by atoms with Crippen LogP contribution in [0.2, 0.25) is 0 Å². The van der Waals surface area contributed by atoms with E-state index >= 15 is 0 Å². The summed E-state index contributed by atoms with van der Waals surface area (Å²) in [7, 11) is -2.18. The number of sulfonamides is 1. The summed E-state index contributed by atoms with van der Waals surface area (Å²) in [5.41, 5.74) is 1.63. The van der Waals surface area contributed by atoms with Crippen LogP contribution < -0.4 is 4.74 Å². The average molecular weight is 539 g/mol. The van der Waals surface area contributed by atoms with Crippen LogP contribution in [-0.2, 0) is 21.2 Å². The number of aliphatic hydroxyl groups is 1. The van der Waals surface area contributed by atoms with E-state index in [1.807, 2.05) is 37.3 Å². The molecule has 2 aromatic carbocycles. The molecule has 1 amide bonds. The number of carbonyl (C=O) groups excluding carboxylic acids is 1. The highest BCUT2D eigenvalue weighted by Gasteiger charge is 2.38. The van der Waals surface area contributed by atoms with Gasteiger partial charge in [-0.3, -0.25) is 4.79 Å². The van der Waals surface area contributed by atoms with Crippen LogP contribution in [0.4, 0.5) is 0 Å². The van der Waals surface area contributed by atoms with Crippen LogP contribution in [0, 0.1) is 23.7 Å². The molecule has 1 heterocycles. The normalized spacial score (nSPS) is 22.2. The summed E-state index contributed by atoms with van der Waals surface area (Å²) in [6, 6.07) is 13.9. The average Bonchev–Trinajstić information content (AvgIpc) is 3.43. The van der Waals surface area contributed by atoms with Crippen molar-refractivity contribution in [2.75, 3.05) is 26.7 Å². The fourth-order valence-electron chi connectivity index (χ4n) is 5.05. The van der Waals surface area contributed by atoms with Crippen LogP contribution in [0.5, 0.6) is 5.75 Å². The van der Waals surface area contributed by atoms with E-state index in [0.29, 0.717) is 18.0 Å². The standard InChI is InChI=1S/C30H38N2O5S/c1-22-19-32(23(2)21-33)38(35,36)29-16-15-26(14-13-24-9-7-8-10-24)17-27(29)37-28(22)20-31(3)30(34)18-25-11-5-4-6-12-25/h4-6,11-12,15-17,22-24,28,33H,7-10,18-21H2,1-3H3/t22-,23+,28-/m1/s1. The van der Waals surface area contributed by atoms with E-state index in [-0.39, 0.29) is 42.0 Å². The minimum Gasteiger partial charge on any atom is -0.487 e. The van der Waals surface area contributed by atoms with Crippen molar-refractivity contribution in [3.63, 3.8) is 0 Å². The zero-order chi connectivity index (χ0) is 27.3. The third kappa shape index (κ3) is 6.58. The predicted octanol–water partition coefficient (Wildman–Crippen LogP) is 3.70. The summed E-state index contributed by atoms with van der Waals surface area (Å²) in [5.74, 6) is 6.87. The van der Waals surface area contributed by atoms with Gasteiger partial charge in [-0.05, 0) is 43.5 Å². The van der Waals surface area contributed by atoms with Crippen LogP contribution in [0.1, 0.15) is 50.7 Å². The minimum atomic E-state index is -3.92. The predicted molar refractivity (Wildman–Crippen MR) is 147 cm³/mol. The smallest absolute Gasteiger partial charge is 0.247 e. The molecular weight excluding hydrogens is 500 g/mol. The molecule has 38 heavy (non-hydrogen) atoms. The minimum absolute atomic E-state index is 0.0429. The fourth-order valence-corrected chi connectivity index (χ4v) is 6.88. The summed E-state index contributed by atoms with van der Waals surface area (Å²) in [5, 5.41) is 9.85. The number of amides is 1. The van der Waals surface area contributed by atoms with Crippen LogP contribution in [0.25, 0.3) is 0 Å². The fraction of sp³-hybridized carbons (Fsp3) is 0.500. The van der Waals surface area contributed by atoms with Gasteiger partial charge in [0.25, 0.3) is 0 Å². The lowest BCUT2D eigenvalue weighted by Gasteiger charge is -2.37. The second kappa shape index (κ2) is 12.3. The zero-order valence-corrected chi connectivity index (χ0v) is 23.3. The van der Waals surface area contributed by atoms with Gasteiger partial charge in [0.1, 0.15) is 16.7 Å². The number of nitrogens with zero attached hydrogens (tertiary/aromatic N) is 2. The van der Waals surface area contributed by atoms with E-state index in [4.69, 9.17) is 4.74 Å². The Morgan fingerprint density at radius 2 is 1.89 bits per heavy atom. The molecule has 0 bridgehead atoms. The van der Waals surface area contributed by atoms with E-state index in [0.717, 1.165) is 18.4 Å². The molecule has 3 atom stereocenters. The Bertz CT molecular complexity index is 1280. The maximum atomic E-state index is 13.7. The first-order valence-corrected chi connectivity index (χ1v) is 14.9. The van der Waals surface area contributed by atoms with E-state index in [1.165, 1.54) is 17.1 Å². The highest BCUT2D eigenvalue weighted by molar-refractivity contribution is 7.89. The Morgan fingerprint density at radius 1 is 1.18 bits per heavy atom. The molecule has 2 aliphatic rings. The lowest BCUT2D eigenvalue weighted by molar-refractivity contribution is -0.130. The number of ether oxygens (including phenoxy) is 1. The van der Waals surface area contributed by atoms with E-state index in [1.54, 1.807) is 37.1 Å². The first-order valence-electron chi connectivity index (χ1n) is 13.4. The Balaban J connectivity index is 1.64. The Labute approximate surface area is 226 Å². The topological polar surface area (TPSA) is 87.2 Å². The lowest BCUT2D eigenvalue weighted by Crippen LogP contribution is -2.50. The molecule has 1 fully saturated rings. The summed E-state index contributed by atoms with van der Waals surface area (Å²) in [6.45, 7) is 3.77. The van der Waals surface area contributed by atoms with Gasteiger partial charge >= 0.3 is 0 Å². The molecule has 1 saturated carbocycles. The number of carbonyl (C=O) groups is 1. The van der Waals surface area contributed by atoms with Gasteiger partial charge < -0.3 is 14.7 Å². The SMILES string of the molecule is C[C@@H]1CN([C@@H](C)CO)S(=O)(=O)c2ccc(C#CC3CCCC3)cc2O[C@@H]1CN(C)C(=O)Cc1ccccc1. The second-order valence-corrected chi connectivity index (χ2v) is 12.4. The molecule has 2 aromatic rings. The summed E-state index contributed by atoms with van der Waals surface area (Å²) in [4.78, 5) is 14.7. The molecule has 0 unspecified atom stereocenters. The lowest BCUT2D eigenvalue weighted by atomic mass is 10.0. The molecule has 1 aliphatic carbocycles. The quantitative estimate of drug-likeness (QED) is 0.567. The first-order chi connectivity index (χ1) is 18.2. The van der Waals surface area contributed by atoms with Crippen LogP contribution in [0.15, 0.2) is 53.4 Å². The molecule has 1 N–H and O–H groups in total. The molecule has 0 spiro atoms. The van der Waals surface area contributed by atoms with Gasteiger partial charge in [-0.2, -0.15) is 4.31 Å². The van der Waals surface area contributed by atoms with Crippen molar-refractivity contribution in [1.29, 1.82) is 0 Å². The summed E-state index contributed by atoms with van der Waals surface area (Å²) in [6.07, 6.45) is 4.40. The van der Waals surface area contributed by atoms with Crippen LogP contribution in [0.3, 0.4) is 0 Å². The number of fused-ring (bicyclic) bond motifs is 1. The van der Waals surface area contributed by atoms with E-state index in [2.05, 4.69) is 11.8 Å². The molecule has 7 nitrogen and oxygen atoms in total. The highest BCUT2D eigenvalue weighted by Crippen LogP contribution is 2.34. The van der Waals surface area contributed by atoms with Gasteiger partial charge in [0.2, 0.25) is 15.9 Å². The second-order valence-electron chi connectivity index (χ2n) is 10.6. The van der Waals surface area contributed by atoms with Crippen molar-refractivity contribution in [3.8, 4) is 17.6 Å². The zero-order valence-electron chi connectivity index (χ0n) is 22.5. The summed E-state index contributed by atoms with van der Waals surface area (Å²) >= 11 is 0. The third-order valence-corrected chi connectivity index (χ3v) is 9.54. The van der Waals surface area contributed by atoms with Gasteiger partial charge in [-0.1, -0.05) is 61.9 Å². The van der Waals surface area contributed by atoms with Gasteiger partial charge in [-0.25, -0.2) is 8.42 Å². The van der Waals surface area contributed by atoms with Crippen molar-refractivity contribution >= 4 is 15.9 Å².